The Bertz CT molecular complexity index is 1550. The Kier molecular flexibility index (Phi) is 5.94. The fourth-order valence-corrected chi connectivity index (χ4v) is 4.76. The van der Waals surface area contributed by atoms with Crippen molar-refractivity contribution in [3.05, 3.63) is 94.1 Å². The fraction of sp³-hybridized carbons (Fsp3) is 0.143. The maximum absolute atomic E-state index is 13.5. The molecule has 0 radical (unpaired) electrons. The second kappa shape index (κ2) is 9.09. The number of nitrogens with zero attached hydrogens (tertiary/aromatic N) is 1. The summed E-state index contributed by atoms with van der Waals surface area (Å²) in [6.07, 6.45) is 1.76. The summed E-state index contributed by atoms with van der Waals surface area (Å²) in [7, 11) is 2.99. The molecule has 1 aliphatic heterocycles. The van der Waals surface area contributed by atoms with Gasteiger partial charge in [0.15, 0.2) is 11.5 Å². The molecule has 4 aromatic rings. The summed E-state index contributed by atoms with van der Waals surface area (Å²) < 4.78 is 10.7. The third kappa shape index (κ3) is 3.69. The number of anilines is 1. The molecular weight excluding hydrogens is 480 g/mol. The van der Waals surface area contributed by atoms with Crippen molar-refractivity contribution in [3.63, 3.8) is 0 Å². The lowest BCUT2D eigenvalue weighted by Crippen LogP contribution is -2.29. The molecule has 36 heavy (non-hydrogen) atoms. The number of ether oxygens (including phenoxy) is 2. The standard InChI is InChI=1S/C28H23ClN2O5/c1-15-8-10-17(13-20(15)29)31-25(19-14-30-21-7-5-4-6-18(19)21)24(27(33)28(31)34)26(32)16-9-11-22(35-2)23(12-16)36-3/h4-14,25,30,32H,1-3H3/b26-24+. The van der Waals surface area contributed by atoms with E-state index in [1.807, 2.05) is 31.2 Å². The molecule has 182 valence electrons. The van der Waals surface area contributed by atoms with Crippen molar-refractivity contribution >= 4 is 45.6 Å². The van der Waals surface area contributed by atoms with E-state index >= 15 is 0 Å². The van der Waals surface area contributed by atoms with Crippen LogP contribution in [-0.2, 0) is 9.59 Å². The van der Waals surface area contributed by atoms with Gasteiger partial charge in [-0.1, -0.05) is 35.9 Å². The highest BCUT2D eigenvalue weighted by Gasteiger charge is 2.47. The Morgan fingerprint density at radius 3 is 2.47 bits per heavy atom. The van der Waals surface area contributed by atoms with Crippen LogP contribution < -0.4 is 14.4 Å². The van der Waals surface area contributed by atoms with Gasteiger partial charge in [-0.05, 0) is 48.9 Å². The van der Waals surface area contributed by atoms with E-state index in [2.05, 4.69) is 4.98 Å². The smallest absolute Gasteiger partial charge is 0.300 e. The largest absolute Gasteiger partial charge is 0.507 e. The number of ketones is 1. The second-order valence-corrected chi connectivity index (χ2v) is 8.87. The third-order valence-corrected chi connectivity index (χ3v) is 6.86. The lowest BCUT2D eigenvalue weighted by molar-refractivity contribution is -0.132. The number of methoxy groups -OCH3 is 2. The number of benzene rings is 3. The number of carbonyl (C=O) groups is 2. The highest BCUT2D eigenvalue weighted by Crippen LogP contribution is 2.45. The Morgan fingerprint density at radius 2 is 1.75 bits per heavy atom. The van der Waals surface area contributed by atoms with Crippen molar-refractivity contribution in [2.45, 2.75) is 13.0 Å². The zero-order valence-electron chi connectivity index (χ0n) is 19.8. The fourth-order valence-electron chi connectivity index (χ4n) is 4.58. The lowest BCUT2D eigenvalue weighted by atomic mass is 9.94. The van der Waals surface area contributed by atoms with E-state index < -0.39 is 17.7 Å². The molecule has 5 rings (SSSR count). The first-order valence-electron chi connectivity index (χ1n) is 11.2. The van der Waals surface area contributed by atoms with Crippen LogP contribution in [0.3, 0.4) is 0 Å². The number of aliphatic hydroxyl groups excluding tert-OH is 1. The van der Waals surface area contributed by atoms with Crippen LogP contribution in [0.15, 0.2) is 72.4 Å². The molecule has 3 aromatic carbocycles. The number of fused-ring (bicyclic) bond motifs is 1. The number of aromatic amines is 1. The van der Waals surface area contributed by atoms with Crippen LogP contribution >= 0.6 is 11.6 Å². The Hall–Kier alpha value is -4.23. The number of halogens is 1. The minimum atomic E-state index is -0.895. The molecule has 2 N–H and O–H groups in total. The van der Waals surface area contributed by atoms with Crippen LogP contribution in [0.4, 0.5) is 5.69 Å². The van der Waals surface area contributed by atoms with Gasteiger partial charge in [0.25, 0.3) is 11.7 Å². The van der Waals surface area contributed by atoms with Crippen LogP contribution in [0, 0.1) is 6.92 Å². The number of hydrogen-bond acceptors (Lipinski definition) is 5. The number of H-pyrrole nitrogens is 1. The molecule has 0 spiro atoms. The van der Waals surface area contributed by atoms with Crippen molar-refractivity contribution in [2.75, 3.05) is 19.1 Å². The summed E-state index contributed by atoms with van der Waals surface area (Å²) >= 11 is 6.38. The summed E-state index contributed by atoms with van der Waals surface area (Å²) in [5.74, 6) is -1.02. The average Bonchev–Trinajstić information content (AvgIpc) is 3.43. The van der Waals surface area contributed by atoms with Gasteiger partial charge in [-0.2, -0.15) is 0 Å². The predicted octanol–water partition coefficient (Wildman–Crippen LogP) is 5.77. The molecule has 0 bridgehead atoms. The third-order valence-electron chi connectivity index (χ3n) is 6.45. The van der Waals surface area contributed by atoms with Crippen molar-refractivity contribution in [1.29, 1.82) is 0 Å². The van der Waals surface area contributed by atoms with Gasteiger partial charge in [0.05, 0.1) is 25.8 Å². The van der Waals surface area contributed by atoms with Crippen molar-refractivity contribution < 1.29 is 24.2 Å². The van der Waals surface area contributed by atoms with Crippen molar-refractivity contribution in [3.8, 4) is 11.5 Å². The molecule has 1 unspecified atom stereocenters. The van der Waals surface area contributed by atoms with Crippen LogP contribution in [0.5, 0.6) is 11.5 Å². The van der Waals surface area contributed by atoms with Gasteiger partial charge < -0.3 is 19.6 Å². The van der Waals surface area contributed by atoms with E-state index in [1.165, 1.54) is 19.1 Å². The quantitative estimate of drug-likeness (QED) is 0.205. The van der Waals surface area contributed by atoms with E-state index in [0.717, 1.165) is 16.5 Å². The molecule has 1 aromatic heterocycles. The molecule has 1 aliphatic rings. The van der Waals surface area contributed by atoms with Crippen LogP contribution in [0.1, 0.15) is 22.7 Å². The lowest BCUT2D eigenvalue weighted by Gasteiger charge is -2.25. The number of aromatic nitrogens is 1. The molecule has 8 heteroatoms. The number of nitrogens with one attached hydrogen (secondary N) is 1. The van der Waals surface area contributed by atoms with Crippen molar-refractivity contribution in [1.82, 2.24) is 4.98 Å². The number of carbonyl (C=O) groups excluding carboxylic acids is 2. The summed E-state index contributed by atoms with van der Waals surface area (Å²) in [6.45, 7) is 1.86. The van der Waals surface area contributed by atoms with Crippen LogP contribution in [-0.4, -0.2) is 36.0 Å². The number of amides is 1. The molecule has 1 amide bonds. The maximum atomic E-state index is 13.5. The molecule has 7 nitrogen and oxygen atoms in total. The summed E-state index contributed by atoms with van der Waals surface area (Å²) in [5, 5.41) is 12.7. The van der Waals surface area contributed by atoms with E-state index in [4.69, 9.17) is 21.1 Å². The maximum Gasteiger partial charge on any atom is 0.300 e. The molecule has 2 heterocycles. The summed E-state index contributed by atoms with van der Waals surface area (Å²) in [6, 6.07) is 16.7. The number of para-hydroxylation sites is 1. The SMILES string of the molecule is COc1ccc(/C(O)=C2\C(=O)C(=O)N(c3ccc(C)c(Cl)c3)C2c2c[nH]c3ccccc23)cc1OC. The Balaban J connectivity index is 1.77. The first kappa shape index (κ1) is 23.5. The number of Topliss-reactive ketones (excluding diaryl/α,β-unsaturated/α-hetero) is 1. The second-order valence-electron chi connectivity index (χ2n) is 8.46. The molecule has 1 saturated heterocycles. The Labute approximate surface area is 212 Å². The topological polar surface area (TPSA) is 91.9 Å². The van der Waals surface area contributed by atoms with Crippen molar-refractivity contribution in [2.24, 2.45) is 0 Å². The summed E-state index contributed by atoms with van der Waals surface area (Å²) in [5.41, 5.74) is 3.08. The van der Waals surface area contributed by atoms with Crippen LogP contribution in [0.25, 0.3) is 16.7 Å². The minimum Gasteiger partial charge on any atom is -0.507 e. The van der Waals surface area contributed by atoms with Gasteiger partial charge in [0.1, 0.15) is 5.76 Å². The van der Waals surface area contributed by atoms with Crippen LogP contribution in [0.2, 0.25) is 5.02 Å². The highest BCUT2D eigenvalue weighted by atomic mass is 35.5. The first-order chi connectivity index (χ1) is 17.3. The molecule has 1 atom stereocenters. The molecular formula is C28H23ClN2O5. The number of hydrogen-bond donors (Lipinski definition) is 2. The van der Waals surface area contributed by atoms with Gasteiger partial charge in [-0.25, -0.2) is 0 Å². The molecule has 1 fully saturated rings. The monoisotopic (exact) mass is 502 g/mol. The number of rotatable bonds is 5. The van der Waals surface area contributed by atoms with E-state index in [9.17, 15) is 14.7 Å². The number of aliphatic hydroxyl groups is 1. The van der Waals surface area contributed by atoms with E-state index in [-0.39, 0.29) is 11.3 Å². The average molecular weight is 503 g/mol. The highest BCUT2D eigenvalue weighted by molar-refractivity contribution is 6.52. The molecule has 0 saturated carbocycles. The number of aryl methyl sites for hydroxylation is 1. The van der Waals surface area contributed by atoms with E-state index in [0.29, 0.717) is 33.3 Å². The van der Waals surface area contributed by atoms with Gasteiger partial charge in [0, 0.05) is 38.9 Å². The first-order valence-corrected chi connectivity index (χ1v) is 11.6. The minimum absolute atomic E-state index is 0.0336. The van der Waals surface area contributed by atoms with Gasteiger partial charge in [0.2, 0.25) is 0 Å². The zero-order chi connectivity index (χ0) is 25.6. The Morgan fingerprint density at radius 1 is 1.00 bits per heavy atom. The van der Waals surface area contributed by atoms with Gasteiger partial charge >= 0.3 is 0 Å². The van der Waals surface area contributed by atoms with Gasteiger partial charge in [-0.15, -0.1) is 0 Å². The predicted molar refractivity (Wildman–Crippen MR) is 139 cm³/mol. The van der Waals surface area contributed by atoms with Gasteiger partial charge in [-0.3, -0.25) is 14.5 Å². The van der Waals surface area contributed by atoms with E-state index in [1.54, 1.807) is 42.6 Å². The molecule has 0 aliphatic carbocycles. The normalized spacial score (nSPS) is 17.1. The summed E-state index contributed by atoms with van der Waals surface area (Å²) in [4.78, 5) is 31.5. The zero-order valence-corrected chi connectivity index (χ0v) is 20.6.